The van der Waals surface area contributed by atoms with Crippen LogP contribution in [0.25, 0.3) is 0 Å². The number of carboxylic acids is 2. The van der Waals surface area contributed by atoms with Gasteiger partial charge in [0.1, 0.15) is 11.8 Å². The second-order valence-electron chi connectivity index (χ2n) is 5.86. The molecule has 0 fully saturated rings. The highest BCUT2D eigenvalue weighted by molar-refractivity contribution is 7.85. The maximum atomic E-state index is 11.4. The predicted molar refractivity (Wildman–Crippen MR) is 108 cm³/mol. The van der Waals surface area contributed by atoms with Crippen molar-refractivity contribution in [3.8, 4) is 5.75 Å². The summed E-state index contributed by atoms with van der Waals surface area (Å²) in [6, 6.07) is 6.71. The molecule has 1 atom stereocenters. The van der Waals surface area contributed by atoms with Crippen LogP contribution in [-0.2, 0) is 14.9 Å². The molecule has 0 aliphatic carbocycles. The summed E-state index contributed by atoms with van der Waals surface area (Å²) in [5.74, 6) is -2.82. The fraction of sp³-hybridized carbons (Fsp3) is 0.118. The number of nitrogens with one attached hydrogen (secondary N) is 2. The van der Waals surface area contributed by atoms with E-state index in [4.69, 9.17) is 26.2 Å². The number of nitrogens with two attached hydrogens (primary N) is 2. The highest BCUT2D eigenvalue weighted by atomic mass is 32.2. The number of carbonyl (C=O) groups is 3. The van der Waals surface area contributed by atoms with Gasteiger partial charge in [-0.1, -0.05) is 6.07 Å². The van der Waals surface area contributed by atoms with Gasteiger partial charge in [-0.25, -0.2) is 9.59 Å². The van der Waals surface area contributed by atoms with Crippen molar-refractivity contribution < 1.29 is 42.7 Å². The number of aromatic hydroxyl groups is 1. The lowest BCUT2D eigenvalue weighted by molar-refractivity contribution is -0.138. The number of urea groups is 1. The standard InChI is InChI=1S/C11H13N3O6.C6H7NO3S/c12-6(10(18)19)4-13-11(20)14-7-3-5(9(16)17)1-2-8(7)15;7-5-2-1-3-6(4-5)11(8,9)10/h1-3,6,15H,4,12H2,(H,16,17)(H,18,19)(H2,13,14,20);1-4H,7H2,(H,8,9,10)/t6-;/m0./s1. The summed E-state index contributed by atoms with van der Waals surface area (Å²) in [5.41, 5.74) is 10.5. The molecule has 2 aromatic rings. The van der Waals surface area contributed by atoms with Crippen LogP contribution in [0.1, 0.15) is 10.4 Å². The molecular weight excluding hydrogens is 436 g/mol. The molecule has 0 radical (unpaired) electrons. The van der Waals surface area contributed by atoms with E-state index < -0.39 is 34.1 Å². The Bertz CT molecular complexity index is 1070. The number of amides is 2. The molecule has 0 spiro atoms. The van der Waals surface area contributed by atoms with Gasteiger partial charge in [0.05, 0.1) is 16.1 Å². The van der Waals surface area contributed by atoms with Crippen LogP contribution in [0.15, 0.2) is 47.4 Å². The Morgan fingerprint density at radius 3 is 2.19 bits per heavy atom. The van der Waals surface area contributed by atoms with E-state index >= 15 is 0 Å². The molecule has 14 heteroatoms. The third kappa shape index (κ3) is 8.57. The molecule has 0 unspecified atom stereocenters. The molecule has 31 heavy (non-hydrogen) atoms. The minimum Gasteiger partial charge on any atom is -0.506 e. The number of aliphatic carboxylic acids is 1. The minimum absolute atomic E-state index is 0.119. The normalized spacial score (nSPS) is 11.4. The number of phenols is 1. The first-order valence-electron chi connectivity index (χ1n) is 8.24. The zero-order valence-corrected chi connectivity index (χ0v) is 16.5. The summed E-state index contributed by atoms with van der Waals surface area (Å²) in [6.07, 6.45) is 0. The minimum atomic E-state index is -4.11. The van der Waals surface area contributed by atoms with Gasteiger partial charge in [0.15, 0.2) is 0 Å². The Morgan fingerprint density at radius 1 is 1.06 bits per heavy atom. The molecule has 0 bridgehead atoms. The zero-order chi connectivity index (χ0) is 23.8. The van der Waals surface area contributed by atoms with Crippen LogP contribution in [-0.4, -0.2) is 58.8 Å². The van der Waals surface area contributed by atoms with Crippen molar-refractivity contribution in [1.82, 2.24) is 5.32 Å². The van der Waals surface area contributed by atoms with Gasteiger partial charge < -0.3 is 37.4 Å². The molecule has 2 amide bonds. The van der Waals surface area contributed by atoms with Crippen LogP contribution in [0.3, 0.4) is 0 Å². The molecule has 0 heterocycles. The maximum Gasteiger partial charge on any atom is 0.335 e. The van der Waals surface area contributed by atoms with E-state index in [2.05, 4.69) is 10.6 Å². The second kappa shape index (κ2) is 10.8. The Labute approximate surface area is 176 Å². The van der Waals surface area contributed by atoms with Crippen molar-refractivity contribution in [2.75, 3.05) is 17.6 Å². The van der Waals surface area contributed by atoms with E-state index in [0.717, 1.165) is 12.1 Å². The van der Waals surface area contributed by atoms with E-state index in [1.165, 1.54) is 30.3 Å². The van der Waals surface area contributed by atoms with Crippen molar-refractivity contribution in [2.45, 2.75) is 10.9 Å². The van der Waals surface area contributed by atoms with Crippen LogP contribution in [0, 0.1) is 0 Å². The topological polar surface area (TPSA) is 242 Å². The van der Waals surface area contributed by atoms with Crippen molar-refractivity contribution in [3.05, 3.63) is 48.0 Å². The molecule has 0 saturated carbocycles. The SMILES string of the molecule is N[C@@H](CNC(=O)Nc1cc(C(=O)O)ccc1O)C(=O)O.Nc1cccc(S(=O)(=O)O)c1. The van der Waals surface area contributed by atoms with Gasteiger partial charge in [-0.15, -0.1) is 0 Å². The number of nitrogen functional groups attached to an aromatic ring is 1. The maximum absolute atomic E-state index is 11.4. The van der Waals surface area contributed by atoms with Crippen LogP contribution in [0.2, 0.25) is 0 Å². The zero-order valence-electron chi connectivity index (χ0n) is 15.7. The number of hydrogen-bond donors (Lipinski definition) is 8. The highest BCUT2D eigenvalue weighted by Gasteiger charge is 2.14. The van der Waals surface area contributed by atoms with Gasteiger partial charge >= 0.3 is 18.0 Å². The Balaban J connectivity index is 0.000000367. The lowest BCUT2D eigenvalue weighted by Gasteiger charge is -2.11. The molecule has 13 nitrogen and oxygen atoms in total. The summed E-state index contributed by atoms with van der Waals surface area (Å²) in [7, 11) is -4.11. The van der Waals surface area contributed by atoms with Crippen LogP contribution in [0.4, 0.5) is 16.2 Å². The predicted octanol–water partition coefficient (Wildman–Crippen LogP) is 0.139. The summed E-state index contributed by atoms with van der Waals surface area (Å²) in [4.78, 5) is 32.5. The average molecular weight is 456 g/mol. The second-order valence-corrected chi connectivity index (χ2v) is 7.29. The molecule has 0 aromatic heterocycles. The molecule has 2 aromatic carbocycles. The summed E-state index contributed by atoms with van der Waals surface area (Å²) >= 11 is 0. The quantitative estimate of drug-likeness (QED) is 0.165. The monoisotopic (exact) mass is 456 g/mol. The number of carboxylic acid groups (broad SMARTS) is 2. The van der Waals surface area contributed by atoms with Gasteiger partial charge in [0, 0.05) is 12.2 Å². The number of aromatic carboxylic acids is 1. The van der Waals surface area contributed by atoms with E-state index in [0.29, 0.717) is 5.69 Å². The fourth-order valence-electron chi connectivity index (χ4n) is 1.90. The summed E-state index contributed by atoms with van der Waals surface area (Å²) in [5, 5.41) is 31.1. The highest BCUT2D eigenvalue weighted by Crippen LogP contribution is 2.24. The van der Waals surface area contributed by atoms with Gasteiger partial charge in [0.25, 0.3) is 10.1 Å². The van der Waals surface area contributed by atoms with Gasteiger partial charge in [0.2, 0.25) is 0 Å². The largest absolute Gasteiger partial charge is 0.506 e. The van der Waals surface area contributed by atoms with Crippen LogP contribution >= 0.6 is 0 Å². The smallest absolute Gasteiger partial charge is 0.335 e. The van der Waals surface area contributed by atoms with Crippen molar-refractivity contribution >= 4 is 39.5 Å². The molecule has 168 valence electrons. The number of carbonyl (C=O) groups excluding carboxylic acids is 1. The summed E-state index contributed by atoms with van der Waals surface area (Å²) < 4.78 is 29.5. The molecule has 10 N–H and O–H groups in total. The van der Waals surface area contributed by atoms with E-state index in [-0.39, 0.29) is 28.4 Å². The molecule has 2 rings (SSSR count). The Morgan fingerprint density at radius 2 is 1.71 bits per heavy atom. The molecule has 0 aliphatic rings. The molecular formula is C17H20N4O9S. The number of phenolic OH excluding ortho intramolecular Hbond substituents is 1. The van der Waals surface area contributed by atoms with Crippen molar-refractivity contribution in [2.24, 2.45) is 5.73 Å². The van der Waals surface area contributed by atoms with E-state index in [1.54, 1.807) is 0 Å². The van der Waals surface area contributed by atoms with Gasteiger partial charge in [-0.2, -0.15) is 8.42 Å². The Kier molecular flexibility index (Phi) is 8.74. The van der Waals surface area contributed by atoms with Crippen molar-refractivity contribution in [3.63, 3.8) is 0 Å². The number of anilines is 2. The number of benzene rings is 2. The lowest BCUT2D eigenvalue weighted by atomic mass is 10.2. The van der Waals surface area contributed by atoms with E-state index in [9.17, 15) is 27.9 Å². The van der Waals surface area contributed by atoms with E-state index in [1.807, 2.05) is 0 Å². The third-order valence-electron chi connectivity index (χ3n) is 3.45. The number of hydrogen-bond acceptors (Lipinski definition) is 8. The first kappa shape index (κ1) is 25.2. The number of rotatable bonds is 6. The lowest BCUT2D eigenvalue weighted by Crippen LogP contribution is -2.43. The first-order valence-corrected chi connectivity index (χ1v) is 9.68. The molecule has 0 saturated heterocycles. The van der Waals surface area contributed by atoms with Crippen molar-refractivity contribution in [1.29, 1.82) is 0 Å². The third-order valence-corrected chi connectivity index (χ3v) is 4.30. The van der Waals surface area contributed by atoms with Gasteiger partial charge in [-0.05, 0) is 36.4 Å². The first-order chi connectivity index (χ1) is 14.3. The molecule has 0 aliphatic heterocycles. The Hall–Kier alpha value is -3.88. The summed E-state index contributed by atoms with van der Waals surface area (Å²) in [6.45, 7) is -0.319. The van der Waals surface area contributed by atoms with Crippen LogP contribution in [0.5, 0.6) is 5.75 Å². The average Bonchev–Trinajstić information content (AvgIpc) is 2.67. The van der Waals surface area contributed by atoms with Gasteiger partial charge in [-0.3, -0.25) is 9.35 Å². The fourth-order valence-corrected chi connectivity index (χ4v) is 2.44. The van der Waals surface area contributed by atoms with Crippen LogP contribution < -0.4 is 22.1 Å².